The molecule has 0 aliphatic carbocycles. The molecule has 0 saturated heterocycles. The van der Waals surface area contributed by atoms with Crippen molar-refractivity contribution in [3.05, 3.63) is 12.2 Å². The minimum absolute atomic E-state index is 0.00943. The molecular formula is C68H133NO5. The summed E-state index contributed by atoms with van der Waals surface area (Å²) in [4.78, 5) is 24.5. The monoisotopic (exact) mass is 1040 g/mol. The molecule has 0 aromatic heterocycles. The second-order valence-corrected chi connectivity index (χ2v) is 23.5. The van der Waals surface area contributed by atoms with Crippen LogP contribution in [-0.2, 0) is 14.3 Å². The summed E-state index contributed by atoms with van der Waals surface area (Å²) in [6, 6.07) is -0.538. The van der Waals surface area contributed by atoms with Crippen molar-refractivity contribution in [2.75, 3.05) is 13.2 Å². The molecule has 1 amide bonds. The molecule has 2 atom stereocenters. The first-order chi connectivity index (χ1) is 36.5. The van der Waals surface area contributed by atoms with E-state index in [9.17, 15) is 19.8 Å². The van der Waals surface area contributed by atoms with Crippen LogP contribution < -0.4 is 5.32 Å². The summed E-state index contributed by atoms with van der Waals surface area (Å²) in [5.41, 5.74) is 0. The highest BCUT2D eigenvalue weighted by Crippen LogP contribution is 2.19. The summed E-state index contributed by atoms with van der Waals surface area (Å²) in [7, 11) is 0. The predicted octanol–water partition coefficient (Wildman–Crippen LogP) is 21.6. The van der Waals surface area contributed by atoms with E-state index >= 15 is 0 Å². The molecule has 0 rings (SSSR count). The second kappa shape index (κ2) is 64.1. The number of unbranched alkanes of at least 4 members (excludes halogenated alkanes) is 51. The summed E-state index contributed by atoms with van der Waals surface area (Å²) in [5.74, 6) is -0.0186. The Morgan fingerprint density at radius 1 is 0.365 bits per heavy atom. The Kier molecular flexibility index (Phi) is 62.9. The number of ether oxygens (including phenoxy) is 1. The fourth-order valence-electron chi connectivity index (χ4n) is 10.9. The molecule has 0 aromatic carbocycles. The van der Waals surface area contributed by atoms with Crippen LogP contribution in [0, 0.1) is 0 Å². The highest BCUT2D eigenvalue weighted by atomic mass is 16.5. The van der Waals surface area contributed by atoms with E-state index in [1.54, 1.807) is 0 Å². The predicted molar refractivity (Wildman–Crippen MR) is 324 cm³/mol. The summed E-state index contributed by atoms with van der Waals surface area (Å²) in [5, 5.41) is 23.4. The highest BCUT2D eigenvalue weighted by Gasteiger charge is 2.20. The van der Waals surface area contributed by atoms with Gasteiger partial charge in [-0.3, -0.25) is 9.59 Å². The normalized spacial score (nSPS) is 12.5. The van der Waals surface area contributed by atoms with Crippen LogP contribution in [0.3, 0.4) is 0 Å². The number of carbonyl (C=O) groups is 2. The fourth-order valence-corrected chi connectivity index (χ4v) is 10.9. The van der Waals surface area contributed by atoms with E-state index in [4.69, 9.17) is 4.74 Å². The van der Waals surface area contributed by atoms with Gasteiger partial charge in [0.25, 0.3) is 0 Å². The third-order valence-electron chi connectivity index (χ3n) is 16.1. The van der Waals surface area contributed by atoms with Gasteiger partial charge in [-0.05, 0) is 51.4 Å². The fraction of sp³-hybridized carbons (Fsp3) is 0.941. The molecule has 0 spiro atoms. The summed E-state index contributed by atoms with van der Waals surface area (Å²) in [6.07, 6.45) is 78.2. The van der Waals surface area contributed by atoms with Gasteiger partial charge in [-0.1, -0.05) is 334 Å². The van der Waals surface area contributed by atoms with Crippen LogP contribution in [0.25, 0.3) is 0 Å². The average molecular weight is 1040 g/mol. The van der Waals surface area contributed by atoms with Gasteiger partial charge in [-0.2, -0.15) is 0 Å². The minimum Gasteiger partial charge on any atom is -0.466 e. The van der Waals surface area contributed by atoms with Gasteiger partial charge in [0, 0.05) is 12.8 Å². The van der Waals surface area contributed by atoms with Gasteiger partial charge in [-0.15, -0.1) is 0 Å². The van der Waals surface area contributed by atoms with Gasteiger partial charge in [0.1, 0.15) is 0 Å². The molecule has 0 aliphatic rings. The number of aliphatic hydroxyl groups excluding tert-OH is 2. The quantitative estimate of drug-likeness (QED) is 0.0320. The molecule has 2 unspecified atom stereocenters. The molecule has 0 radical (unpaired) electrons. The van der Waals surface area contributed by atoms with Gasteiger partial charge in [-0.25, -0.2) is 0 Å². The van der Waals surface area contributed by atoms with E-state index in [1.165, 1.54) is 308 Å². The lowest BCUT2D eigenvalue weighted by atomic mass is 10.0. The van der Waals surface area contributed by atoms with Crippen molar-refractivity contribution in [2.45, 2.75) is 398 Å². The molecule has 0 saturated carbocycles. The van der Waals surface area contributed by atoms with Crippen molar-refractivity contribution in [3.63, 3.8) is 0 Å². The van der Waals surface area contributed by atoms with Crippen LogP contribution in [0.15, 0.2) is 12.2 Å². The molecule has 6 nitrogen and oxygen atoms in total. The number of hydrogen-bond acceptors (Lipinski definition) is 5. The van der Waals surface area contributed by atoms with Crippen molar-refractivity contribution in [1.82, 2.24) is 5.32 Å². The number of amides is 1. The summed E-state index contributed by atoms with van der Waals surface area (Å²) < 4.78 is 5.47. The minimum atomic E-state index is -0.661. The Balaban J connectivity index is 3.34. The second-order valence-electron chi connectivity index (χ2n) is 23.5. The molecule has 6 heteroatoms. The van der Waals surface area contributed by atoms with Gasteiger partial charge in [0.15, 0.2) is 0 Å². The Morgan fingerprint density at radius 2 is 0.635 bits per heavy atom. The van der Waals surface area contributed by atoms with Gasteiger partial charge < -0.3 is 20.3 Å². The maximum Gasteiger partial charge on any atom is 0.305 e. The van der Waals surface area contributed by atoms with Crippen molar-refractivity contribution in [2.24, 2.45) is 0 Å². The lowest BCUT2D eigenvalue weighted by Crippen LogP contribution is -2.45. The number of nitrogens with one attached hydrogen (secondary N) is 1. The first-order valence-corrected chi connectivity index (χ1v) is 33.9. The van der Waals surface area contributed by atoms with Crippen LogP contribution in [0.2, 0.25) is 0 Å². The van der Waals surface area contributed by atoms with E-state index in [0.29, 0.717) is 25.9 Å². The van der Waals surface area contributed by atoms with Crippen molar-refractivity contribution < 1.29 is 24.5 Å². The van der Waals surface area contributed by atoms with Crippen LogP contribution >= 0.6 is 0 Å². The standard InChI is InChI=1S/C68H133NO5/c1-3-5-7-9-11-13-15-17-18-31-34-37-40-44-48-52-56-60-66(71)65(64-70)69-67(72)61-57-53-49-45-41-38-35-32-29-27-25-23-21-19-20-22-24-26-28-30-33-36-39-43-47-51-55-59-63-74-68(73)62-58-54-50-46-42-16-14-12-10-8-6-4-2/h12,14,65-66,70-71H,3-11,13,15-64H2,1-2H3,(H,69,72)/b14-12-. The van der Waals surface area contributed by atoms with Gasteiger partial charge in [0.05, 0.1) is 25.4 Å². The van der Waals surface area contributed by atoms with Crippen LogP contribution in [0.4, 0.5) is 0 Å². The van der Waals surface area contributed by atoms with Crippen molar-refractivity contribution in [1.29, 1.82) is 0 Å². The zero-order valence-corrected chi connectivity index (χ0v) is 50.4. The van der Waals surface area contributed by atoms with Crippen LogP contribution in [-0.4, -0.2) is 47.4 Å². The first-order valence-electron chi connectivity index (χ1n) is 33.9. The van der Waals surface area contributed by atoms with E-state index in [1.807, 2.05) is 0 Å². The molecule has 74 heavy (non-hydrogen) atoms. The summed E-state index contributed by atoms with van der Waals surface area (Å²) in [6.45, 7) is 4.96. The SMILES string of the molecule is CCCCC/C=C\CCCCCCCC(=O)OCCCCCCCCCCCCCCCCCCCCCCCCCCCCCCC(=O)NC(CO)C(O)CCCCCCCCCCCCCCCCCCC. The Bertz CT molecular complexity index is 1110. The van der Waals surface area contributed by atoms with Crippen molar-refractivity contribution >= 4 is 11.9 Å². The number of rotatable bonds is 64. The van der Waals surface area contributed by atoms with E-state index < -0.39 is 12.1 Å². The maximum absolute atomic E-state index is 12.5. The molecule has 0 aromatic rings. The zero-order chi connectivity index (χ0) is 53.6. The van der Waals surface area contributed by atoms with Crippen LogP contribution in [0.5, 0.6) is 0 Å². The van der Waals surface area contributed by atoms with Gasteiger partial charge >= 0.3 is 5.97 Å². The molecule has 0 heterocycles. The zero-order valence-electron chi connectivity index (χ0n) is 50.4. The maximum atomic E-state index is 12.5. The molecule has 3 N–H and O–H groups in total. The largest absolute Gasteiger partial charge is 0.466 e. The number of esters is 1. The number of aliphatic hydroxyl groups is 2. The van der Waals surface area contributed by atoms with E-state index in [2.05, 4.69) is 31.3 Å². The first kappa shape index (κ1) is 72.6. The third-order valence-corrected chi connectivity index (χ3v) is 16.1. The lowest BCUT2D eigenvalue weighted by molar-refractivity contribution is -0.143. The van der Waals surface area contributed by atoms with E-state index in [0.717, 1.165) is 44.9 Å². The third kappa shape index (κ3) is 59.8. The summed E-state index contributed by atoms with van der Waals surface area (Å²) >= 11 is 0. The Morgan fingerprint density at radius 3 is 0.986 bits per heavy atom. The lowest BCUT2D eigenvalue weighted by Gasteiger charge is -2.22. The molecule has 0 aliphatic heterocycles. The van der Waals surface area contributed by atoms with Gasteiger partial charge in [0.2, 0.25) is 5.91 Å². The van der Waals surface area contributed by atoms with Crippen molar-refractivity contribution in [3.8, 4) is 0 Å². The molecule has 440 valence electrons. The average Bonchev–Trinajstić information content (AvgIpc) is 3.40. The molecular weight excluding hydrogens is 911 g/mol. The smallest absolute Gasteiger partial charge is 0.305 e. The number of hydrogen-bond donors (Lipinski definition) is 3. The number of allylic oxidation sites excluding steroid dienone is 2. The molecule has 0 fully saturated rings. The number of carbonyl (C=O) groups excluding carboxylic acids is 2. The highest BCUT2D eigenvalue weighted by molar-refractivity contribution is 5.76. The topological polar surface area (TPSA) is 95.9 Å². The van der Waals surface area contributed by atoms with Crippen LogP contribution in [0.1, 0.15) is 386 Å². The Labute approximate surface area is 463 Å². The Hall–Kier alpha value is -1.40. The van der Waals surface area contributed by atoms with E-state index in [-0.39, 0.29) is 18.5 Å². The molecule has 0 bridgehead atoms.